The average molecular weight is 240 g/mol. The molecule has 2 fully saturated rings. The Morgan fingerprint density at radius 2 is 2.06 bits per heavy atom. The van der Waals surface area contributed by atoms with Gasteiger partial charge < -0.3 is 23.7 Å². The summed E-state index contributed by atoms with van der Waals surface area (Å²) in [5, 5.41) is 9.31. The fourth-order valence-corrected chi connectivity index (χ4v) is 2.51. The van der Waals surface area contributed by atoms with E-state index in [1.54, 1.807) is 12.3 Å². The van der Waals surface area contributed by atoms with Gasteiger partial charge in [-0.2, -0.15) is 0 Å². The van der Waals surface area contributed by atoms with Crippen molar-refractivity contribution in [3.05, 3.63) is 24.2 Å². The Morgan fingerprint density at radius 3 is 2.71 bits per heavy atom. The van der Waals surface area contributed by atoms with Crippen LogP contribution in [0.15, 0.2) is 22.8 Å². The van der Waals surface area contributed by atoms with Crippen LogP contribution in [0.25, 0.3) is 0 Å². The summed E-state index contributed by atoms with van der Waals surface area (Å²) >= 11 is 0. The van der Waals surface area contributed by atoms with E-state index in [4.69, 9.17) is 18.6 Å². The summed E-state index contributed by atoms with van der Waals surface area (Å²) in [7, 11) is 0. The average Bonchev–Trinajstić information content (AvgIpc) is 2.91. The maximum Gasteiger partial charge on any atom is 0.164 e. The molecule has 0 aliphatic carbocycles. The molecule has 1 aromatic heterocycles. The molecule has 2 aliphatic heterocycles. The second-order valence-electron chi connectivity index (χ2n) is 4.86. The highest BCUT2D eigenvalue weighted by atomic mass is 16.8. The largest absolute Gasteiger partial charge is 0.466 e. The SMILES string of the molecule is CC1(C)O[C@@H]2[C@H](O1)[C@@H](CO)O[C@@H]2c1ccco1. The van der Waals surface area contributed by atoms with E-state index in [0.717, 1.165) is 0 Å². The van der Waals surface area contributed by atoms with Crippen LogP contribution in [0.4, 0.5) is 0 Å². The maximum atomic E-state index is 9.31. The van der Waals surface area contributed by atoms with E-state index < -0.39 is 5.79 Å². The first-order chi connectivity index (χ1) is 8.11. The molecule has 0 bridgehead atoms. The van der Waals surface area contributed by atoms with Crippen molar-refractivity contribution in [2.75, 3.05) is 6.61 Å². The molecule has 1 aromatic rings. The Bertz CT molecular complexity index is 386. The second-order valence-corrected chi connectivity index (χ2v) is 4.86. The Kier molecular flexibility index (Phi) is 2.52. The summed E-state index contributed by atoms with van der Waals surface area (Å²) in [5.74, 6) is 0.0643. The third kappa shape index (κ3) is 1.79. The predicted octanol–water partition coefficient (Wildman–Crippen LogP) is 1.23. The lowest BCUT2D eigenvalue weighted by Gasteiger charge is -2.22. The van der Waals surface area contributed by atoms with Gasteiger partial charge in [0.15, 0.2) is 5.79 Å². The van der Waals surface area contributed by atoms with Gasteiger partial charge in [0.2, 0.25) is 0 Å². The molecule has 3 rings (SSSR count). The Balaban J connectivity index is 1.88. The molecule has 5 nitrogen and oxygen atoms in total. The first-order valence-electron chi connectivity index (χ1n) is 5.76. The van der Waals surface area contributed by atoms with Gasteiger partial charge in [0.05, 0.1) is 12.9 Å². The zero-order valence-corrected chi connectivity index (χ0v) is 9.83. The van der Waals surface area contributed by atoms with E-state index in [2.05, 4.69) is 0 Å². The van der Waals surface area contributed by atoms with Crippen LogP contribution in [-0.2, 0) is 14.2 Å². The van der Waals surface area contributed by atoms with Gasteiger partial charge in [0.25, 0.3) is 0 Å². The highest BCUT2D eigenvalue weighted by Gasteiger charge is 2.56. The van der Waals surface area contributed by atoms with Crippen LogP contribution in [0.5, 0.6) is 0 Å². The molecule has 17 heavy (non-hydrogen) atoms. The molecule has 2 aliphatic rings. The monoisotopic (exact) mass is 240 g/mol. The van der Waals surface area contributed by atoms with Crippen molar-refractivity contribution in [3.63, 3.8) is 0 Å². The van der Waals surface area contributed by atoms with E-state index in [-0.39, 0.29) is 31.0 Å². The summed E-state index contributed by atoms with van der Waals surface area (Å²) < 4.78 is 22.6. The normalized spacial score (nSPS) is 39.5. The third-order valence-electron chi connectivity index (χ3n) is 3.15. The van der Waals surface area contributed by atoms with Crippen LogP contribution in [0, 0.1) is 0 Å². The molecule has 0 unspecified atom stereocenters. The zero-order valence-electron chi connectivity index (χ0n) is 9.83. The maximum absolute atomic E-state index is 9.31. The molecule has 0 saturated carbocycles. The number of fused-ring (bicyclic) bond motifs is 1. The van der Waals surface area contributed by atoms with Gasteiger partial charge in [0, 0.05) is 0 Å². The number of rotatable bonds is 2. The van der Waals surface area contributed by atoms with Crippen molar-refractivity contribution >= 4 is 0 Å². The molecule has 94 valence electrons. The minimum Gasteiger partial charge on any atom is -0.466 e. The van der Waals surface area contributed by atoms with Gasteiger partial charge in [-0.05, 0) is 26.0 Å². The fourth-order valence-electron chi connectivity index (χ4n) is 2.51. The van der Waals surface area contributed by atoms with Crippen molar-refractivity contribution in [1.82, 2.24) is 0 Å². The van der Waals surface area contributed by atoms with Crippen molar-refractivity contribution < 1.29 is 23.7 Å². The second kappa shape index (κ2) is 3.81. The molecule has 5 heteroatoms. The van der Waals surface area contributed by atoms with E-state index in [9.17, 15) is 5.11 Å². The van der Waals surface area contributed by atoms with Gasteiger partial charge in [-0.3, -0.25) is 0 Å². The zero-order chi connectivity index (χ0) is 12.0. The Hall–Kier alpha value is -0.880. The molecule has 0 aromatic carbocycles. The van der Waals surface area contributed by atoms with Crippen molar-refractivity contribution in [3.8, 4) is 0 Å². The number of aliphatic hydroxyl groups is 1. The Labute approximate surface area is 99.3 Å². The van der Waals surface area contributed by atoms with Crippen LogP contribution >= 0.6 is 0 Å². The van der Waals surface area contributed by atoms with Gasteiger partial charge >= 0.3 is 0 Å². The molecule has 1 N–H and O–H groups in total. The van der Waals surface area contributed by atoms with E-state index in [0.29, 0.717) is 5.76 Å². The van der Waals surface area contributed by atoms with E-state index >= 15 is 0 Å². The summed E-state index contributed by atoms with van der Waals surface area (Å²) in [4.78, 5) is 0. The predicted molar refractivity (Wildman–Crippen MR) is 57.2 cm³/mol. The summed E-state index contributed by atoms with van der Waals surface area (Å²) in [6, 6.07) is 3.65. The minimum atomic E-state index is -0.641. The molecular weight excluding hydrogens is 224 g/mol. The molecular formula is C12H16O5. The third-order valence-corrected chi connectivity index (χ3v) is 3.15. The number of hydrogen-bond donors (Lipinski definition) is 1. The van der Waals surface area contributed by atoms with Gasteiger partial charge in [0.1, 0.15) is 30.2 Å². The smallest absolute Gasteiger partial charge is 0.164 e. The summed E-state index contributed by atoms with van der Waals surface area (Å²) in [5.41, 5.74) is 0. The Morgan fingerprint density at radius 1 is 1.29 bits per heavy atom. The number of furan rings is 1. The summed E-state index contributed by atoms with van der Waals surface area (Å²) in [6.07, 6.45) is 0.449. The van der Waals surface area contributed by atoms with E-state index in [1.807, 2.05) is 19.9 Å². The highest BCUT2D eigenvalue weighted by molar-refractivity contribution is 5.11. The molecule has 3 heterocycles. The lowest BCUT2D eigenvalue weighted by molar-refractivity contribution is -0.192. The lowest BCUT2D eigenvalue weighted by Crippen LogP contribution is -2.31. The minimum absolute atomic E-state index is 0.0855. The topological polar surface area (TPSA) is 61.1 Å². The highest BCUT2D eigenvalue weighted by Crippen LogP contribution is 2.44. The summed E-state index contributed by atoms with van der Waals surface area (Å²) in [6.45, 7) is 3.63. The molecule has 0 spiro atoms. The molecule has 0 amide bonds. The first-order valence-corrected chi connectivity index (χ1v) is 5.76. The van der Waals surface area contributed by atoms with Crippen molar-refractivity contribution in [2.45, 2.75) is 44.1 Å². The van der Waals surface area contributed by atoms with Crippen LogP contribution in [0.2, 0.25) is 0 Å². The molecule has 2 saturated heterocycles. The van der Waals surface area contributed by atoms with Crippen LogP contribution in [0.1, 0.15) is 25.7 Å². The quantitative estimate of drug-likeness (QED) is 0.842. The van der Waals surface area contributed by atoms with Gasteiger partial charge in [-0.15, -0.1) is 0 Å². The van der Waals surface area contributed by atoms with Gasteiger partial charge in [-0.1, -0.05) is 0 Å². The molecule has 0 radical (unpaired) electrons. The fraction of sp³-hybridized carbons (Fsp3) is 0.667. The van der Waals surface area contributed by atoms with Crippen LogP contribution < -0.4 is 0 Å². The van der Waals surface area contributed by atoms with Crippen LogP contribution in [-0.4, -0.2) is 35.8 Å². The van der Waals surface area contributed by atoms with Crippen molar-refractivity contribution in [2.24, 2.45) is 0 Å². The first kappa shape index (κ1) is 11.2. The lowest BCUT2D eigenvalue weighted by atomic mass is 10.1. The number of ether oxygens (including phenoxy) is 3. The van der Waals surface area contributed by atoms with E-state index in [1.165, 1.54) is 0 Å². The number of hydrogen-bond acceptors (Lipinski definition) is 5. The number of aliphatic hydroxyl groups excluding tert-OH is 1. The van der Waals surface area contributed by atoms with Crippen molar-refractivity contribution in [1.29, 1.82) is 0 Å². The van der Waals surface area contributed by atoms with Gasteiger partial charge in [-0.25, -0.2) is 0 Å². The molecule has 4 atom stereocenters. The standard InChI is InChI=1S/C12H16O5/c1-12(2)16-10-8(6-13)15-9(11(10)17-12)7-4-3-5-14-7/h3-5,8-11,13H,6H2,1-2H3/t8-,9-,10-,11+/m1/s1. The van der Waals surface area contributed by atoms with Crippen LogP contribution in [0.3, 0.4) is 0 Å².